The molecule has 1 saturated carbocycles. The Hall–Kier alpha value is -0.660. The highest BCUT2D eigenvalue weighted by Crippen LogP contribution is 2.30. The van der Waals surface area contributed by atoms with Crippen LogP contribution in [0.4, 0.5) is 5.82 Å². The van der Waals surface area contributed by atoms with Gasteiger partial charge in [0.2, 0.25) is 0 Å². The van der Waals surface area contributed by atoms with Crippen LogP contribution in [0.25, 0.3) is 10.2 Å². The molecule has 1 saturated heterocycles. The van der Waals surface area contributed by atoms with Gasteiger partial charge in [-0.05, 0) is 31.7 Å². The lowest BCUT2D eigenvalue weighted by molar-refractivity contribution is 0.110. The van der Waals surface area contributed by atoms with Gasteiger partial charge >= 0.3 is 0 Å². The monoisotopic (exact) mass is 432 g/mol. The van der Waals surface area contributed by atoms with E-state index in [0.717, 1.165) is 30.3 Å². The molecule has 0 amide bonds. The van der Waals surface area contributed by atoms with Crippen LogP contribution in [0.1, 0.15) is 56.2 Å². The summed E-state index contributed by atoms with van der Waals surface area (Å²) in [5.41, 5.74) is 0. The first-order chi connectivity index (χ1) is 12.4. The summed E-state index contributed by atoms with van der Waals surface area (Å²) in [6.45, 7) is 2.73. The predicted molar refractivity (Wildman–Crippen MR) is 118 cm³/mol. The van der Waals surface area contributed by atoms with Crippen molar-refractivity contribution in [2.45, 2.75) is 70.1 Å². The number of hydrogen-bond acceptors (Lipinski definition) is 6. The smallest absolute Gasteiger partial charge is 0.138 e. The van der Waals surface area contributed by atoms with Crippen molar-refractivity contribution in [1.82, 2.24) is 15.3 Å². The fourth-order valence-electron chi connectivity index (χ4n) is 3.89. The van der Waals surface area contributed by atoms with Crippen molar-refractivity contribution < 1.29 is 4.74 Å². The maximum Gasteiger partial charge on any atom is 0.138 e. The highest BCUT2D eigenvalue weighted by molar-refractivity contribution is 7.18. The number of rotatable bonds is 6. The third-order valence-corrected chi connectivity index (χ3v) is 6.31. The van der Waals surface area contributed by atoms with Crippen LogP contribution in [-0.2, 0) is 11.3 Å². The highest BCUT2D eigenvalue weighted by Gasteiger charge is 2.17. The molecule has 2 fully saturated rings. The van der Waals surface area contributed by atoms with E-state index in [1.54, 1.807) is 17.7 Å². The minimum Gasteiger partial charge on any atom is -0.377 e. The molecule has 0 bridgehead atoms. The molecule has 2 aliphatic rings. The summed E-state index contributed by atoms with van der Waals surface area (Å²) in [6.07, 6.45) is 12.4. The van der Waals surface area contributed by atoms with Gasteiger partial charge in [-0.1, -0.05) is 25.7 Å². The van der Waals surface area contributed by atoms with Gasteiger partial charge in [-0.3, -0.25) is 0 Å². The van der Waals surface area contributed by atoms with Gasteiger partial charge in [0.05, 0.1) is 11.5 Å². The maximum absolute atomic E-state index is 5.67. The van der Waals surface area contributed by atoms with E-state index in [9.17, 15) is 0 Å². The Morgan fingerprint density at radius 2 is 1.85 bits per heavy atom. The minimum atomic E-state index is 0. The predicted octanol–water partition coefficient (Wildman–Crippen LogP) is 4.94. The van der Waals surface area contributed by atoms with Gasteiger partial charge in [0.25, 0.3) is 0 Å². The summed E-state index contributed by atoms with van der Waals surface area (Å²) in [5, 5.41) is 8.40. The van der Waals surface area contributed by atoms with Crippen LogP contribution in [0.3, 0.4) is 0 Å². The number of halogens is 2. The lowest BCUT2D eigenvalue weighted by Crippen LogP contribution is -2.25. The molecule has 152 valence electrons. The van der Waals surface area contributed by atoms with Crippen LogP contribution in [0, 0.1) is 0 Å². The zero-order valence-corrected chi connectivity index (χ0v) is 18.1. The first-order valence-corrected chi connectivity index (χ1v) is 10.5. The van der Waals surface area contributed by atoms with Crippen LogP contribution >= 0.6 is 36.2 Å². The summed E-state index contributed by atoms with van der Waals surface area (Å²) in [4.78, 5) is 11.4. The Bertz CT molecular complexity index is 685. The van der Waals surface area contributed by atoms with Crippen molar-refractivity contribution in [3.63, 3.8) is 0 Å². The van der Waals surface area contributed by atoms with Crippen molar-refractivity contribution in [3.05, 3.63) is 17.3 Å². The molecule has 1 aliphatic heterocycles. The number of ether oxygens (including phenoxy) is 1. The van der Waals surface area contributed by atoms with Crippen LogP contribution in [-0.4, -0.2) is 35.3 Å². The van der Waals surface area contributed by atoms with E-state index in [2.05, 4.69) is 26.7 Å². The molecule has 4 rings (SSSR count). The van der Waals surface area contributed by atoms with E-state index in [0.29, 0.717) is 12.1 Å². The molecule has 5 nitrogen and oxygen atoms in total. The highest BCUT2D eigenvalue weighted by atomic mass is 35.5. The second-order valence-electron chi connectivity index (χ2n) is 7.25. The van der Waals surface area contributed by atoms with Crippen LogP contribution in [0.15, 0.2) is 12.4 Å². The molecule has 0 aromatic carbocycles. The largest absolute Gasteiger partial charge is 0.377 e. The molecule has 8 heteroatoms. The SMILES string of the molecule is Cl.Cl.c1nc(NC2CCCCCC2)c2cc(CNC[C@@H]3CCCO3)sc2n1. The maximum atomic E-state index is 5.67. The zero-order chi connectivity index (χ0) is 16.9. The number of nitrogens with one attached hydrogen (secondary N) is 2. The zero-order valence-electron chi connectivity index (χ0n) is 15.6. The van der Waals surface area contributed by atoms with Crippen molar-refractivity contribution in [3.8, 4) is 0 Å². The van der Waals surface area contributed by atoms with Gasteiger partial charge in [-0.2, -0.15) is 0 Å². The summed E-state index contributed by atoms with van der Waals surface area (Å²) >= 11 is 1.77. The Balaban J connectivity index is 0.00000131. The van der Waals surface area contributed by atoms with Gasteiger partial charge in [-0.25, -0.2) is 9.97 Å². The van der Waals surface area contributed by atoms with E-state index in [1.807, 2.05) is 0 Å². The first kappa shape index (κ1) is 22.6. The average molecular weight is 433 g/mol. The van der Waals surface area contributed by atoms with Crippen molar-refractivity contribution >= 4 is 52.2 Å². The molecule has 1 atom stereocenters. The van der Waals surface area contributed by atoms with Crippen molar-refractivity contribution in [2.75, 3.05) is 18.5 Å². The van der Waals surface area contributed by atoms with E-state index in [-0.39, 0.29) is 24.8 Å². The standard InChI is InChI=1S/C19H28N4OS.2ClH/c1-2-4-7-14(6-3-1)23-18-17-10-16(25-19(17)22-13-21-18)12-20-11-15-8-5-9-24-15;;/h10,13-15,20H,1-9,11-12H2,(H,21,22,23);2*1H/t15-;;/m0../s1. The Morgan fingerprint density at radius 3 is 2.59 bits per heavy atom. The lowest BCUT2D eigenvalue weighted by atomic mass is 10.1. The van der Waals surface area contributed by atoms with Gasteiger partial charge in [0.15, 0.2) is 0 Å². The second kappa shape index (κ2) is 11.4. The minimum absolute atomic E-state index is 0. The number of thiophene rings is 1. The van der Waals surface area contributed by atoms with Crippen LogP contribution < -0.4 is 10.6 Å². The summed E-state index contributed by atoms with van der Waals surface area (Å²) in [6, 6.07) is 2.81. The average Bonchev–Trinajstić information content (AvgIpc) is 3.21. The molecule has 27 heavy (non-hydrogen) atoms. The molecule has 3 heterocycles. The second-order valence-corrected chi connectivity index (χ2v) is 8.37. The normalized spacial score (nSPS) is 20.7. The third kappa shape index (κ3) is 6.16. The van der Waals surface area contributed by atoms with E-state index in [4.69, 9.17) is 4.74 Å². The van der Waals surface area contributed by atoms with Gasteiger partial charge in [0.1, 0.15) is 17.0 Å². The quantitative estimate of drug-likeness (QED) is 0.632. The summed E-state index contributed by atoms with van der Waals surface area (Å²) in [5.74, 6) is 1.01. The number of aromatic nitrogens is 2. The van der Waals surface area contributed by atoms with E-state index in [1.165, 1.54) is 61.6 Å². The van der Waals surface area contributed by atoms with E-state index >= 15 is 0 Å². The number of fused-ring (bicyclic) bond motifs is 1. The lowest BCUT2D eigenvalue weighted by Gasteiger charge is -2.17. The number of hydrogen-bond donors (Lipinski definition) is 2. The fourth-order valence-corrected chi connectivity index (χ4v) is 4.85. The summed E-state index contributed by atoms with van der Waals surface area (Å²) in [7, 11) is 0. The van der Waals surface area contributed by atoms with Gasteiger partial charge in [0, 0.05) is 30.6 Å². The van der Waals surface area contributed by atoms with Gasteiger partial charge < -0.3 is 15.4 Å². The fraction of sp³-hybridized carbons (Fsp3) is 0.684. The molecule has 2 aromatic heterocycles. The van der Waals surface area contributed by atoms with Crippen molar-refractivity contribution in [2.24, 2.45) is 0 Å². The van der Waals surface area contributed by atoms with Crippen LogP contribution in [0.5, 0.6) is 0 Å². The number of nitrogens with zero attached hydrogens (tertiary/aromatic N) is 2. The Morgan fingerprint density at radius 1 is 1.04 bits per heavy atom. The molecule has 0 unspecified atom stereocenters. The Labute approximate surface area is 177 Å². The Kier molecular flexibility index (Phi) is 9.53. The van der Waals surface area contributed by atoms with Crippen LogP contribution in [0.2, 0.25) is 0 Å². The summed E-state index contributed by atoms with van der Waals surface area (Å²) < 4.78 is 5.67. The molecular formula is C19H30Cl2N4OS. The van der Waals surface area contributed by atoms with Crippen molar-refractivity contribution in [1.29, 1.82) is 0 Å². The number of anilines is 1. The first-order valence-electron chi connectivity index (χ1n) is 9.71. The van der Waals surface area contributed by atoms with E-state index < -0.39 is 0 Å². The topological polar surface area (TPSA) is 59.1 Å². The molecule has 1 aliphatic carbocycles. The third-order valence-electron chi connectivity index (χ3n) is 5.27. The molecular weight excluding hydrogens is 403 g/mol. The molecule has 0 radical (unpaired) electrons. The van der Waals surface area contributed by atoms with Gasteiger partial charge in [-0.15, -0.1) is 36.2 Å². The molecule has 0 spiro atoms. The molecule has 2 N–H and O–H groups in total. The molecule has 2 aromatic rings.